The maximum Gasteiger partial charge on any atom is 0.0931 e. The Bertz CT molecular complexity index is 433. The highest BCUT2D eigenvalue weighted by Crippen LogP contribution is 2.22. The van der Waals surface area contributed by atoms with Crippen LogP contribution in [0.1, 0.15) is 10.6 Å². The summed E-state index contributed by atoms with van der Waals surface area (Å²) in [5, 5.41) is 0. The van der Waals surface area contributed by atoms with Crippen molar-refractivity contribution in [3.05, 3.63) is 45.4 Å². The van der Waals surface area contributed by atoms with Crippen LogP contribution in [0.4, 0.5) is 0 Å². The van der Waals surface area contributed by atoms with Crippen molar-refractivity contribution in [2.45, 2.75) is 13.0 Å². The summed E-state index contributed by atoms with van der Waals surface area (Å²) in [6.45, 7) is 1.58. The standard InChI is InChI=1S/C11H13ClN2S/c12-11-4-3-10(15-11)8-14-7-1-2-9(14)5-6-13/h1-4,7H,5-6,8,13H2. The molecule has 0 atom stereocenters. The molecule has 0 saturated heterocycles. The molecule has 0 amide bonds. The molecule has 2 N–H and O–H groups in total. The fourth-order valence-electron chi connectivity index (χ4n) is 1.58. The summed E-state index contributed by atoms with van der Waals surface area (Å²) < 4.78 is 3.06. The zero-order valence-corrected chi connectivity index (χ0v) is 9.89. The van der Waals surface area contributed by atoms with Crippen molar-refractivity contribution >= 4 is 22.9 Å². The molecule has 0 aliphatic rings. The van der Waals surface area contributed by atoms with Crippen LogP contribution in [-0.4, -0.2) is 11.1 Å². The first kappa shape index (κ1) is 10.7. The monoisotopic (exact) mass is 240 g/mol. The van der Waals surface area contributed by atoms with E-state index in [0.29, 0.717) is 6.54 Å². The lowest BCUT2D eigenvalue weighted by atomic mass is 10.3. The van der Waals surface area contributed by atoms with Crippen LogP contribution in [0, 0.1) is 0 Å². The van der Waals surface area contributed by atoms with E-state index in [2.05, 4.69) is 29.0 Å². The second-order valence-electron chi connectivity index (χ2n) is 3.37. The zero-order valence-electron chi connectivity index (χ0n) is 8.32. The molecule has 4 heteroatoms. The van der Waals surface area contributed by atoms with Gasteiger partial charge in [-0.25, -0.2) is 0 Å². The van der Waals surface area contributed by atoms with Gasteiger partial charge in [0.1, 0.15) is 0 Å². The van der Waals surface area contributed by atoms with Crippen molar-refractivity contribution in [1.29, 1.82) is 0 Å². The van der Waals surface area contributed by atoms with Gasteiger partial charge in [-0.1, -0.05) is 11.6 Å². The van der Waals surface area contributed by atoms with E-state index in [1.165, 1.54) is 10.6 Å². The SMILES string of the molecule is NCCc1cccn1Cc1ccc(Cl)s1. The maximum absolute atomic E-state index is 5.89. The number of rotatable bonds is 4. The molecule has 15 heavy (non-hydrogen) atoms. The van der Waals surface area contributed by atoms with Crippen molar-refractivity contribution in [2.75, 3.05) is 6.54 Å². The van der Waals surface area contributed by atoms with E-state index in [-0.39, 0.29) is 0 Å². The van der Waals surface area contributed by atoms with Crippen LogP contribution in [0.3, 0.4) is 0 Å². The zero-order chi connectivity index (χ0) is 10.7. The van der Waals surface area contributed by atoms with Gasteiger partial charge in [-0.15, -0.1) is 11.3 Å². The van der Waals surface area contributed by atoms with Gasteiger partial charge in [-0.2, -0.15) is 0 Å². The molecule has 80 valence electrons. The number of thiophene rings is 1. The lowest BCUT2D eigenvalue weighted by Gasteiger charge is -2.06. The minimum atomic E-state index is 0.690. The first-order valence-electron chi connectivity index (χ1n) is 4.88. The molecule has 0 aromatic carbocycles. The van der Waals surface area contributed by atoms with Crippen LogP contribution < -0.4 is 5.73 Å². The maximum atomic E-state index is 5.89. The Hall–Kier alpha value is -0.770. The molecule has 0 unspecified atom stereocenters. The van der Waals surface area contributed by atoms with Crippen molar-refractivity contribution in [1.82, 2.24) is 4.57 Å². The van der Waals surface area contributed by atoms with E-state index in [4.69, 9.17) is 17.3 Å². The van der Waals surface area contributed by atoms with E-state index in [1.54, 1.807) is 11.3 Å². The molecule has 0 bridgehead atoms. The number of aromatic nitrogens is 1. The van der Waals surface area contributed by atoms with Crippen molar-refractivity contribution in [2.24, 2.45) is 5.73 Å². The third-order valence-electron chi connectivity index (χ3n) is 2.28. The highest BCUT2D eigenvalue weighted by molar-refractivity contribution is 7.16. The van der Waals surface area contributed by atoms with Gasteiger partial charge in [0.25, 0.3) is 0 Å². The Morgan fingerprint density at radius 1 is 1.33 bits per heavy atom. The summed E-state index contributed by atoms with van der Waals surface area (Å²) in [6.07, 6.45) is 3.00. The first-order valence-corrected chi connectivity index (χ1v) is 6.07. The summed E-state index contributed by atoms with van der Waals surface area (Å²) in [5.41, 5.74) is 6.83. The first-order chi connectivity index (χ1) is 7.29. The van der Waals surface area contributed by atoms with Gasteiger partial charge >= 0.3 is 0 Å². The molecule has 2 rings (SSSR count). The van der Waals surface area contributed by atoms with Gasteiger partial charge in [0.05, 0.1) is 10.9 Å². The van der Waals surface area contributed by atoms with Gasteiger partial charge in [-0.05, 0) is 37.2 Å². The number of hydrogen-bond acceptors (Lipinski definition) is 2. The minimum absolute atomic E-state index is 0.690. The largest absolute Gasteiger partial charge is 0.346 e. The Labute approximate surface area is 98.3 Å². The topological polar surface area (TPSA) is 30.9 Å². The number of nitrogens with two attached hydrogens (primary N) is 1. The number of nitrogens with zero attached hydrogens (tertiary/aromatic N) is 1. The fraction of sp³-hybridized carbons (Fsp3) is 0.273. The smallest absolute Gasteiger partial charge is 0.0931 e. The van der Waals surface area contributed by atoms with Crippen molar-refractivity contribution in [3.8, 4) is 0 Å². The third-order valence-corrected chi connectivity index (χ3v) is 3.49. The Morgan fingerprint density at radius 2 is 2.20 bits per heavy atom. The van der Waals surface area contributed by atoms with E-state index < -0.39 is 0 Å². The van der Waals surface area contributed by atoms with Crippen LogP contribution in [0.2, 0.25) is 4.34 Å². The highest BCUT2D eigenvalue weighted by atomic mass is 35.5. The molecule has 0 fully saturated rings. The van der Waals surface area contributed by atoms with Crippen LogP contribution in [0.5, 0.6) is 0 Å². The second kappa shape index (κ2) is 4.84. The molecule has 2 heterocycles. The summed E-state index contributed by atoms with van der Waals surface area (Å²) in [4.78, 5) is 1.27. The summed E-state index contributed by atoms with van der Waals surface area (Å²) in [7, 11) is 0. The predicted octanol–water partition coefficient (Wildman–Crippen LogP) is 2.75. The highest BCUT2D eigenvalue weighted by Gasteiger charge is 2.02. The van der Waals surface area contributed by atoms with Crippen LogP contribution in [0.25, 0.3) is 0 Å². The van der Waals surface area contributed by atoms with Gasteiger partial charge < -0.3 is 10.3 Å². The lowest BCUT2D eigenvalue weighted by molar-refractivity contribution is 0.744. The molecule has 2 aromatic rings. The predicted molar refractivity (Wildman–Crippen MR) is 65.6 cm³/mol. The Kier molecular flexibility index (Phi) is 3.46. The van der Waals surface area contributed by atoms with Gasteiger partial charge in [0.15, 0.2) is 0 Å². The van der Waals surface area contributed by atoms with Crippen LogP contribution in [0.15, 0.2) is 30.5 Å². The quantitative estimate of drug-likeness (QED) is 0.876. The Morgan fingerprint density at radius 3 is 2.87 bits per heavy atom. The lowest BCUT2D eigenvalue weighted by Crippen LogP contribution is -2.08. The van der Waals surface area contributed by atoms with E-state index in [0.717, 1.165) is 17.3 Å². The average Bonchev–Trinajstić information content (AvgIpc) is 2.78. The van der Waals surface area contributed by atoms with Gasteiger partial charge in [-0.3, -0.25) is 0 Å². The Balaban J connectivity index is 2.13. The third kappa shape index (κ3) is 2.62. The summed E-state index contributed by atoms with van der Waals surface area (Å²) in [5.74, 6) is 0. The molecule has 0 spiro atoms. The van der Waals surface area contributed by atoms with Gasteiger partial charge in [0, 0.05) is 16.8 Å². The van der Waals surface area contributed by atoms with Crippen molar-refractivity contribution < 1.29 is 0 Å². The second-order valence-corrected chi connectivity index (χ2v) is 5.17. The molecule has 2 nitrogen and oxygen atoms in total. The molecule has 0 aliphatic heterocycles. The fourth-order valence-corrected chi connectivity index (χ4v) is 2.67. The van der Waals surface area contributed by atoms with Crippen molar-refractivity contribution in [3.63, 3.8) is 0 Å². The molecule has 0 radical (unpaired) electrons. The van der Waals surface area contributed by atoms with E-state index in [1.807, 2.05) is 6.07 Å². The normalized spacial score (nSPS) is 10.8. The van der Waals surface area contributed by atoms with Crippen LogP contribution in [-0.2, 0) is 13.0 Å². The summed E-state index contributed by atoms with van der Waals surface area (Å²) >= 11 is 7.52. The molecular weight excluding hydrogens is 228 g/mol. The number of halogens is 1. The van der Waals surface area contributed by atoms with E-state index >= 15 is 0 Å². The molecule has 0 aliphatic carbocycles. The van der Waals surface area contributed by atoms with Crippen LogP contribution >= 0.6 is 22.9 Å². The molecule has 2 aromatic heterocycles. The summed E-state index contributed by atoms with van der Waals surface area (Å²) in [6, 6.07) is 8.18. The minimum Gasteiger partial charge on any atom is -0.346 e. The van der Waals surface area contributed by atoms with E-state index in [9.17, 15) is 0 Å². The van der Waals surface area contributed by atoms with Gasteiger partial charge in [0.2, 0.25) is 0 Å². The average molecular weight is 241 g/mol. The number of hydrogen-bond donors (Lipinski definition) is 1. The molecule has 0 saturated carbocycles. The molecular formula is C11H13ClN2S.